The number of aliphatic hydroxyl groups excluding tert-OH is 1. The highest BCUT2D eigenvalue weighted by atomic mass is 32.2. The maximum Gasteiger partial charge on any atom is 0.150 e. The molecule has 48 heavy (non-hydrogen) atoms. The number of fused-ring (bicyclic) bond motifs is 2. The standard InChI is InChI=1S/C38H47N7OS2/c46-38(32-23-48-37(43-32)31-19-24-9-7-15-29(34(24)41-31)39-26-11-1-2-12-26)45(28-13-3-4-14-28)33-16-8-10-25-20-30(42-35(25)33)36-40-27(22-47-36)21-44-17-5-6-18-44/h7-10,15-16,19-20,26-28,32,38-39,41-42,46H,1-6,11-14,17-18,21-23H2/t27-,32+,38?/m1/s1. The molecule has 4 N–H and O–H groups in total. The van der Waals surface area contributed by atoms with Crippen LogP contribution in [0.25, 0.3) is 21.8 Å². The first-order valence-electron chi connectivity index (χ1n) is 18.3. The van der Waals surface area contributed by atoms with E-state index < -0.39 is 6.23 Å². The van der Waals surface area contributed by atoms with Gasteiger partial charge in [-0.1, -0.05) is 49.9 Å². The number of anilines is 2. The molecule has 10 heteroatoms. The highest BCUT2D eigenvalue weighted by Gasteiger charge is 2.37. The predicted molar refractivity (Wildman–Crippen MR) is 204 cm³/mol. The molecule has 9 rings (SSSR count). The molecular weight excluding hydrogens is 635 g/mol. The number of thioether (sulfide) groups is 2. The maximum atomic E-state index is 12.2. The Bertz CT molecular complexity index is 1830. The van der Waals surface area contributed by atoms with Crippen LogP contribution in [0.3, 0.4) is 0 Å². The summed E-state index contributed by atoms with van der Waals surface area (Å²) in [6.45, 7) is 3.50. The number of aliphatic imine (C=N–C) groups is 2. The zero-order valence-corrected chi connectivity index (χ0v) is 29.3. The van der Waals surface area contributed by atoms with Crippen molar-refractivity contribution in [2.45, 2.75) is 94.6 Å². The summed E-state index contributed by atoms with van der Waals surface area (Å²) in [7, 11) is 0. The summed E-state index contributed by atoms with van der Waals surface area (Å²) in [5, 5.41) is 20.5. The van der Waals surface area contributed by atoms with Gasteiger partial charge in [0.2, 0.25) is 0 Å². The number of aromatic amines is 2. The van der Waals surface area contributed by atoms with Gasteiger partial charge in [0, 0.05) is 40.9 Å². The zero-order valence-electron chi connectivity index (χ0n) is 27.7. The summed E-state index contributed by atoms with van der Waals surface area (Å²) in [4.78, 5) is 22.7. The van der Waals surface area contributed by atoms with E-state index in [1.807, 2.05) is 11.8 Å². The smallest absolute Gasteiger partial charge is 0.150 e. The predicted octanol–water partition coefficient (Wildman–Crippen LogP) is 7.59. The van der Waals surface area contributed by atoms with Crippen molar-refractivity contribution in [1.29, 1.82) is 0 Å². The van der Waals surface area contributed by atoms with Crippen LogP contribution < -0.4 is 10.2 Å². The van der Waals surface area contributed by atoms with E-state index in [0.29, 0.717) is 18.1 Å². The second kappa shape index (κ2) is 13.4. The van der Waals surface area contributed by atoms with Crippen LogP contribution >= 0.6 is 23.5 Å². The Hall–Kier alpha value is -2.92. The highest BCUT2D eigenvalue weighted by molar-refractivity contribution is 8.15. The fraction of sp³-hybridized carbons (Fsp3) is 0.526. The first kappa shape index (κ1) is 31.1. The monoisotopic (exact) mass is 681 g/mol. The van der Waals surface area contributed by atoms with Crippen molar-refractivity contribution in [2.24, 2.45) is 9.98 Å². The summed E-state index contributed by atoms with van der Waals surface area (Å²) in [6.07, 6.45) is 11.6. The van der Waals surface area contributed by atoms with Crippen LogP contribution in [-0.4, -0.2) is 91.6 Å². The third-order valence-corrected chi connectivity index (χ3v) is 13.4. The average Bonchev–Trinajstić information content (AvgIpc) is 3.95. The molecule has 0 amide bonds. The molecule has 1 saturated heterocycles. The second-order valence-electron chi connectivity index (χ2n) is 14.5. The van der Waals surface area contributed by atoms with E-state index in [1.54, 1.807) is 11.8 Å². The SMILES string of the molecule is OC([C@@H]1CSC(c2cc3cccc(NC4CCCC4)c3[nH]2)=N1)N(c1cccc2cc(C3=N[C@H](CN4CCCC4)CS3)[nH]c12)C1CCCC1. The number of hydrogen-bond acceptors (Lipinski definition) is 8. The molecule has 5 heterocycles. The lowest BCUT2D eigenvalue weighted by Gasteiger charge is -2.37. The van der Waals surface area contributed by atoms with Gasteiger partial charge in [-0.3, -0.25) is 9.98 Å². The number of H-pyrrole nitrogens is 2. The Morgan fingerprint density at radius 3 is 2.27 bits per heavy atom. The number of nitrogens with zero attached hydrogens (tertiary/aromatic N) is 4. The third-order valence-electron chi connectivity index (χ3n) is 11.1. The number of hydrogen-bond donors (Lipinski definition) is 4. The van der Waals surface area contributed by atoms with Crippen molar-refractivity contribution in [3.05, 3.63) is 59.9 Å². The first-order chi connectivity index (χ1) is 23.7. The van der Waals surface area contributed by atoms with Gasteiger partial charge in [0.1, 0.15) is 16.1 Å². The summed E-state index contributed by atoms with van der Waals surface area (Å²) in [6, 6.07) is 18.5. The summed E-state index contributed by atoms with van der Waals surface area (Å²) < 4.78 is 0. The van der Waals surface area contributed by atoms with Gasteiger partial charge in [-0.05, 0) is 75.9 Å². The van der Waals surface area contributed by atoms with Crippen molar-refractivity contribution in [1.82, 2.24) is 14.9 Å². The molecule has 5 aliphatic rings. The van der Waals surface area contributed by atoms with Gasteiger partial charge in [0.25, 0.3) is 0 Å². The fourth-order valence-electron chi connectivity index (χ4n) is 8.68. The Kier molecular flexibility index (Phi) is 8.69. The minimum Gasteiger partial charge on any atom is -0.381 e. The fourth-order valence-corrected chi connectivity index (χ4v) is 10.8. The van der Waals surface area contributed by atoms with Crippen LogP contribution in [0.5, 0.6) is 0 Å². The topological polar surface area (TPSA) is 95.0 Å². The van der Waals surface area contributed by atoms with Gasteiger partial charge in [-0.15, -0.1) is 23.5 Å². The van der Waals surface area contributed by atoms with Crippen LogP contribution in [0.2, 0.25) is 0 Å². The van der Waals surface area contributed by atoms with Crippen molar-refractivity contribution in [3.8, 4) is 0 Å². The van der Waals surface area contributed by atoms with Crippen molar-refractivity contribution < 1.29 is 5.11 Å². The van der Waals surface area contributed by atoms with Gasteiger partial charge in [-0.2, -0.15) is 0 Å². The van der Waals surface area contributed by atoms with Crippen molar-refractivity contribution in [3.63, 3.8) is 0 Å². The Labute approximate surface area is 291 Å². The molecule has 252 valence electrons. The number of para-hydroxylation sites is 2. The normalized spacial score (nSPS) is 24.7. The lowest BCUT2D eigenvalue weighted by atomic mass is 10.1. The van der Waals surface area contributed by atoms with Crippen LogP contribution in [0.4, 0.5) is 11.4 Å². The maximum absolute atomic E-state index is 12.2. The molecule has 2 aromatic carbocycles. The Morgan fingerprint density at radius 2 is 1.48 bits per heavy atom. The molecule has 3 fully saturated rings. The molecule has 0 radical (unpaired) electrons. The lowest BCUT2D eigenvalue weighted by molar-refractivity contribution is 0.138. The zero-order chi connectivity index (χ0) is 32.0. The molecule has 2 saturated carbocycles. The van der Waals surface area contributed by atoms with E-state index in [1.165, 1.54) is 80.9 Å². The molecule has 0 spiro atoms. The molecule has 4 aromatic rings. The van der Waals surface area contributed by atoms with E-state index in [9.17, 15) is 5.11 Å². The number of rotatable bonds is 10. The summed E-state index contributed by atoms with van der Waals surface area (Å²) in [5.41, 5.74) is 6.66. The summed E-state index contributed by atoms with van der Waals surface area (Å²) >= 11 is 3.64. The van der Waals surface area contributed by atoms with Crippen LogP contribution in [-0.2, 0) is 0 Å². The van der Waals surface area contributed by atoms with E-state index >= 15 is 0 Å². The number of likely N-dealkylation sites (tertiary alicyclic amines) is 1. The van der Waals surface area contributed by atoms with Crippen LogP contribution in [0.15, 0.2) is 58.5 Å². The van der Waals surface area contributed by atoms with Gasteiger partial charge < -0.3 is 30.2 Å². The van der Waals surface area contributed by atoms with Gasteiger partial charge in [0.15, 0.2) is 6.23 Å². The quantitative estimate of drug-likeness (QED) is 0.129. The van der Waals surface area contributed by atoms with Crippen LogP contribution in [0.1, 0.15) is 75.6 Å². The van der Waals surface area contributed by atoms with Crippen molar-refractivity contribution >= 4 is 66.8 Å². The summed E-state index contributed by atoms with van der Waals surface area (Å²) in [5.74, 6) is 1.81. The minimum absolute atomic E-state index is 0.209. The number of benzene rings is 2. The lowest BCUT2D eigenvalue weighted by Crippen LogP contribution is -2.48. The van der Waals surface area contributed by atoms with E-state index in [2.05, 4.69) is 73.6 Å². The Balaban J connectivity index is 0.986. The first-order valence-corrected chi connectivity index (χ1v) is 20.2. The Morgan fingerprint density at radius 1 is 0.812 bits per heavy atom. The van der Waals surface area contributed by atoms with Gasteiger partial charge in [0.05, 0.1) is 39.8 Å². The molecule has 3 atom stereocenters. The largest absolute Gasteiger partial charge is 0.381 e. The molecule has 8 nitrogen and oxygen atoms in total. The van der Waals surface area contributed by atoms with E-state index in [4.69, 9.17) is 9.98 Å². The van der Waals surface area contributed by atoms with Gasteiger partial charge in [-0.25, -0.2) is 0 Å². The van der Waals surface area contributed by atoms with E-state index in [0.717, 1.165) is 69.1 Å². The molecule has 2 aromatic heterocycles. The van der Waals surface area contributed by atoms with Crippen molar-refractivity contribution in [2.75, 3.05) is 41.4 Å². The third kappa shape index (κ3) is 6.07. The number of nitrogens with one attached hydrogen (secondary N) is 3. The van der Waals surface area contributed by atoms with Gasteiger partial charge >= 0.3 is 0 Å². The molecule has 1 unspecified atom stereocenters. The second-order valence-corrected chi connectivity index (χ2v) is 16.5. The molecule has 2 aliphatic carbocycles. The van der Waals surface area contributed by atoms with E-state index in [-0.39, 0.29) is 6.04 Å². The highest BCUT2D eigenvalue weighted by Crippen LogP contribution is 2.39. The average molecular weight is 682 g/mol. The number of aromatic nitrogens is 2. The molecule has 3 aliphatic heterocycles. The molecule has 0 bridgehead atoms. The van der Waals surface area contributed by atoms with Crippen LogP contribution in [0, 0.1) is 0 Å². The number of aliphatic hydroxyl groups is 1. The molecular formula is C38H47N7OS2. The minimum atomic E-state index is -0.706.